The van der Waals surface area contributed by atoms with Crippen LogP contribution in [-0.2, 0) is 19.9 Å². The Balaban J connectivity index is 2.10. The molecule has 2 aromatic carbocycles. The van der Waals surface area contributed by atoms with Gasteiger partial charge in [-0.2, -0.15) is 5.21 Å². The molecule has 0 aliphatic carbocycles. The van der Waals surface area contributed by atoms with Crippen molar-refractivity contribution < 1.29 is 16.8 Å². The van der Waals surface area contributed by atoms with Crippen molar-refractivity contribution in [3.05, 3.63) is 30.3 Å². The number of hydrogen-bond donors (Lipinski definition) is 3. The Hall–Kier alpha value is -2.98. The minimum atomic E-state index is -4.55. The molecular formula is C18H20N8O4S3. The summed E-state index contributed by atoms with van der Waals surface area (Å²) in [4.78, 5) is 5.00. The topological polar surface area (TPSA) is 191 Å². The van der Waals surface area contributed by atoms with Crippen molar-refractivity contribution in [2.45, 2.75) is 9.79 Å². The molecule has 4 aromatic rings. The van der Waals surface area contributed by atoms with Gasteiger partial charge in [-0.25, -0.2) is 27.0 Å². The third-order valence-corrected chi connectivity index (χ3v) is 8.55. The van der Waals surface area contributed by atoms with Gasteiger partial charge < -0.3 is 10.6 Å². The van der Waals surface area contributed by atoms with Gasteiger partial charge in [0.25, 0.3) is 0 Å². The van der Waals surface area contributed by atoms with E-state index in [9.17, 15) is 16.8 Å². The van der Waals surface area contributed by atoms with Crippen LogP contribution in [0.4, 0.5) is 5.13 Å². The second kappa shape index (κ2) is 8.42. The van der Waals surface area contributed by atoms with Crippen LogP contribution in [0.3, 0.4) is 0 Å². The lowest BCUT2D eigenvalue weighted by molar-refractivity contribution is 0.432. The monoisotopic (exact) mass is 508 g/mol. The van der Waals surface area contributed by atoms with E-state index < -0.39 is 29.7 Å². The van der Waals surface area contributed by atoms with E-state index in [1.165, 1.54) is 23.5 Å². The van der Waals surface area contributed by atoms with Crippen molar-refractivity contribution in [1.82, 2.24) is 30.5 Å². The molecule has 0 spiro atoms. The molecule has 2 aromatic heterocycles. The first-order chi connectivity index (χ1) is 15.5. The summed E-state index contributed by atoms with van der Waals surface area (Å²) in [6.07, 6.45) is 0. The zero-order chi connectivity index (χ0) is 24.0. The summed E-state index contributed by atoms with van der Waals surface area (Å²) in [5.41, 5.74) is 7.15. The summed E-state index contributed by atoms with van der Waals surface area (Å²) in [6.45, 7) is 0.184. The van der Waals surface area contributed by atoms with Crippen LogP contribution in [0.2, 0.25) is 0 Å². The van der Waals surface area contributed by atoms with Gasteiger partial charge in [-0.3, -0.25) is 0 Å². The number of nitrogens with one attached hydrogen (secondary N) is 1. The van der Waals surface area contributed by atoms with Crippen molar-refractivity contribution in [2.75, 3.05) is 32.1 Å². The molecule has 0 fully saturated rings. The number of H-pyrrole nitrogens is 1. The number of primary sulfonamides is 1. The van der Waals surface area contributed by atoms with Crippen LogP contribution in [-0.4, -0.2) is 73.7 Å². The van der Waals surface area contributed by atoms with Crippen molar-refractivity contribution >= 4 is 46.5 Å². The molecule has 0 aliphatic heterocycles. The number of anilines is 1. The van der Waals surface area contributed by atoms with Gasteiger partial charge in [0.2, 0.25) is 15.8 Å². The third-order valence-electron chi connectivity index (χ3n) is 4.84. The van der Waals surface area contributed by atoms with Crippen LogP contribution >= 0.6 is 11.3 Å². The number of nitrogens with two attached hydrogens (primary N) is 2. The first kappa shape index (κ1) is 23.2. The second-order valence-corrected chi connectivity index (χ2v) is 12.1. The summed E-state index contributed by atoms with van der Waals surface area (Å²) >= 11 is 1.26. The molecular weight excluding hydrogens is 488 g/mol. The minimum absolute atomic E-state index is 0.0868. The Morgan fingerprint density at radius 1 is 1.09 bits per heavy atom. The number of rotatable bonds is 7. The van der Waals surface area contributed by atoms with E-state index in [1.54, 1.807) is 31.1 Å². The Morgan fingerprint density at radius 3 is 2.48 bits per heavy atom. The van der Waals surface area contributed by atoms with Crippen LogP contribution in [0.1, 0.15) is 0 Å². The number of aromatic amines is 1. The van der Waals surface area contributed by atoms with E-state index in [2.05, 4.69) is 25.6 Å². The van der Waals surface area contributed by atoms with Crippen LogP contribution < -0.4 is 10.9 Å². The highest BCUT2D eigenvalue weighted by molar-refractivity contribution is 7.93. The molecule has 0 saturated carbocycles. The molecule has 0 saturated heterocycles. The number of tetrazole rings is 1. The number of hydrogen-bond acceptors (Lipinski definition) is 11. The van der Waals surface area contributed by atoms with Gasteiger partial charge in [0.1, 0.15) is 4.90 Å². The summed E-state index contributed by atoms with van der Waals surface area (Å²) in [6, 6.07) is 8.02. The third kappa shape index (κ3) is 4.45. The lowest BCUT2D eigenvalue weighted by Gasteiger charge is -2.17. The maximum absolute atomic E-state index is 13.2. The van der Waals surface area contributed by atoms with E-state index in [0.29, 0.717) is 21.8 Å². The molecule has 33 heavy (non-hydrogen) atoms. The molecule has 0 radical (unpaired) electrons. The molecule has 2 heterocycles. The van der Waals surface area contributed by atoms with Gasteiger partial charge in [0.15, 0.2) is 15.0 Å². The summed E-state index contributed by atoms with van der Waals surface area (Å²) in [5.74, 6) is -0.440. The zero-order valence-corrected chi connectivity index (χ0v) is 20.0. The number of sulfonamides is 1. The van der Waals surface area contributed by atoms with E-state index in [-0.39, 0.29) is 23.7 Å². The molecule has 0 atom stereocenters. The number of aromatic nitrogens is 5. The van der Waals surface area contributed by atoms with Crippen LogP contribution in [0, 0.1) is 0 Å². The smallest absolute Gasteiger partial charge is 0.240 e. The quantitative estimate of drug-likeness (QED) is 0.320. The van der Waals surface area contributed by atoms with Crippen LogP contribution in [0.5, 0.6) is 0 Å². The Labute approximate surface area is 193 Å². The number of nitrogen functional groups attached to an aromatic ring is 1. The van der Waals surface area contributed by atoms with Crippen molar-refractivity contribution in [1.29, 1.82) is 0 Å². The summed E-state index contributed by atoms with van der Waals surface area (Å²) in [5, 5.41) is 19.5. The lowest BCUT2D eigenvalue weighted by Crippen LogP contribution is -2.25. The fourth-order valence-electron chi connectivity index (χ4n) is 3.40. The van der Waals surface area contributed by atoms with Crippen molar-refractivity contribution in [3.8, 4) is 22.5 Å². The summed E-state index contributed by atoms with van der Waals surface area (Å²) in [7, 11) is -5.16. The molecule has 12 nitrogen and oxygen atoms in total. The number of nitrogens with zero attached hydrogens (tertiary/aromatic N) is 5. The van der Waals surface area contributed by atoms with E-state index in [4.69, 9.17) is 10.9 Å². The number of sulfone groups is 1. The van der Waals surface area contributed by atoms with Gasteiger partial charge in [0, 0.05) is 12.1 Å². The Bertz CT molecular complexity index is 1550. The maximum atomic E-state index is 13.2. The molecule has 0 aliphatic rings. The maximum Gasteiger partial charge on any atom is 0.240 e. The SMILES string of the molecule is CN(C)CCS(=O)(=O)c1ccc(-c2cccc3sc(N)nc23)c(-c2nn[nH]n2)c1S(N)(=O)=O. The largest absolute Gasteiger partial charge is 0.375 e. The molecule has 174 valence electrons. The fraction of sp³-hybridized carbons (Fsp3) is 0.222. The fourth-order valence-corrected chi connectivity index (χ4v) is 7.21. The molecule has 0 bridgehead atoms. The lowest BCUT2D eigenvalue weighted by atomic mass is 9.98. The van der Waals surface area contributed by atoms with E-state index >= 15 is 0 Å². The predicted molar refractivity (Wildman–Crippen MR) is 125 cm³/mol. The Morgan fingerprint density at radius 2 is 1.85 bits per heavy atom. The van der Waals surface area contributed by atoms with Gasteiger partial charge in [0.05, 0.1) is 26.4 Å². The first-order valence-electron chi connectivity index (χ1n) is 9.45. The normalized spacial score (nSPS) is 12.6. The van der Waals surface area contributed by atoms with Crippen LogP contribution in [0.15, 0.2) is 40.1 Å². The molecule has 0 amide bonds. The highest BCUT2D eigenvalue weighted by Crippen LogP contribution is 2.42. The highest BCUT2D eigenvalue weighted by Gasteiger charge is 2.32. The molecule has 15 heteroatoms. The summed E-state index contributed by atoms with van der Waals surface area (Å²) < 4.78 is 52.6. The van der Waals surface area contributed by atoms with Crippen molar-refractivity contribution in [2.24, 2.45) is 5.14 Å². The van der Waals surface area contributed by atoms with E-state index in [0.717, 1.165) is 4.70 Å². The molecule has 4 rings (SSSR count). The van der Waals surface area contributed by atoms with Gasteiger partial charge in [-0.1, -0.05) is 29.5 Å². The second-order valence-electron chi connectivity index (χ2n) is 7.42. The van der Waals surface area contributed by atoms with Gasteiger partial charge >= 0.3 is 0 Å². The number of thiazole rings is 1. The average molecular weight is 509 g/mol. The number of fused-ring (bicyclic) bond motifs is 1. The number of benzene rings is 2. The van der Waals surface area contributed by atoms with Crippen molar-refractivity contribution in [3.63, 3.8) is 0 Å². The minimum Gasteiger partial charge on any atom is -0.375 e. The van der Waals surface area contributed by atoms with Gasteiger partial charge in [-0.05, 0) is 37.0 Å². The van der Waals surface area contributed by atoms with Gasteiger partial charge in [-0.15, -0.1) is 10.2 Å². The predicted octanol–water partition coefficient (Wildman–Crippen LogP) is 0.708. The molecule has 5 N–H and O–H groups in total. The molecule has 0 unspecified atom stereocenters. The van der Waals surface area contributed by atoms with Crippen LogP contribution in [0.25, 0.3) is 32.7 Å². The van der Waals surface area contributed by atoms with E-state index in [1.807, 2.05) is 6.07 Å². The average Bonchev–Trinajstić information content (AvgIpc) is 3.39. The zero-order valence-electron chi connectivity index (χ0n) is 17.5. The highest BCUT2D eigenvalue weighted by atomic mass is 32.2. The first-order valence-corrected chi connectivity index (χ1v) is 13.5. The Kier molecular flexibility index (Phi) is 5.92. The number of para-hydroxylation sites is 1. The standard InChI is InChI=1S/C18H20N8O4S3/c1-26(2)8-9-32(27,28)13-7-6-10(11-4-3-5-12-15(11)21-18(19)31-12)14(16(13)33(20,29)30)17-22-24-25-23-17/h3-7H,8-9H2,1-2H3,(H2,19,21)(H2,20,29,30)(H,22,23,24,25).